The predicted octanol–water partition coefficient (Wildman–Crippen LogP) is 3.17. The molecule has 7 nitrogen and oxygen atoms in total. The Kier molecular flexibility index (Phi) is 6.52. The van der Waals surface area contributed by atoms with E-state index < -0.39 is 18.0 Å². The zero-order valence-electron chi connectivity index (χ0n) is 15.4. The third kappa shape index (κ3) is 5.27. The van der Waals surface area contributed by atoms with Crippen LogP contribution in [0.5, 0.6) is 0 Å². The van der Waals surface area contributed by atoms with E-state index in [9.17, 15) is 14.4 Å². The predicted molar refractivity (Wildman–Crippen MR) is 103 cm³/mol. The molecule has 1 aromatic carbocycles. The van der Waals surface area contributed by atoms with Crippen molar-refractivity contribution in [2.24, 2.45) is 7.05 Å². The van der Waals surface area contributed by atoms with Crippen LogP contribution in [0.1, 0.15) is 35.5 Å². The Morgan fingerprint density at radius 2 is 1.89 bits per heavy atom. The minimum absolute atomic E-state index is 0.0640. The molecule has 2 rings (SSSR count). The van der Waals surface area contributed by atoms with Gasteiger partial charge in [-0.05, 0) is 51.1 Å². The van der Waals surface area contributed by atoms with Crippen molar-refractivity contribution >= 4 is 41.0 Å². The van der Waals surface area contributed by atoms with Gasteiger partial charge in [-0.15, -0.1) is 0 Å². The number of nitrogens with zero attached hydrogens (tertiary/aromatic N) is 2. The summed E-state index contributed by atoms with van der Waals surface area (Å²) in [6, 6.07) is 6.43. The normalized spacial score (nSPS) is 12.0. The molecular formula is C19H20ClN3O4. The van der Waals surface area contributed by atoms with Crippen LogP contribution in [-0.4, -0.2) is 33.5 Å². The van der Waals surface area contributed by atoms with Gasteiger partial charge in [0.25, 0.3) is 5.91 Å². The van der Waals surface area contributed by atoms with E-state index in [1.54, 1.807) is 38.2 Å². The number of aromatic nitrogens is 2. The summed E-state index contributed by atoms with van der Waals surface area (Å²) in [7, 11) is 1.69. The number of halogens is 1. The van der Waals surface area contributed by atoms with Crippen molar-refractivity contribution in [1.82, 2.24) is 9.78 Å². The molecule has 0 saturated heterocycles. The first kappa shape index (κ1) is 20.4. The number of ketones is 1. The van der Waals surface area contributed by atoms with Crippen molar-refractivity contribution in [3.05, 3.63) is 52.3 Å². The number of esters is 1. The number of hydrogen-bond acceptors (Lipinski definition) is 5. The summed E-state index contributed by atoms with van der Waals surface area (Å²) in [5, 5.41) is 7.16. The molecule has 0 saturated carbocycles. The lowest BCUT2D eigenvalue weighted by Crippen LogP contribution is -2.29. The number of benzene rings is 1. The van der Waals surface area contributed by atoms with E-state index in [2.05, 4.69) is 10.4 Å². The van der Waals surface area contributed by atoms with Crippen LogP contribution in [0.15, 0.2) is 30.3 Å². The molecule has 142 valence electrons. The zero-order valence-corrected chi connectivity index (χ0v) is 16.2. The summed E-state index contributed by atoms with van der Waals surface area (Å²) in [5.41, 5.74) is 2.33. The summed E-state index contributed by atoms with van der Waals surface area (Å²) in [6.45, 7) is 4.69. The Morgan fingerprint density at radius 3 is 2.41 bits per heavy atom. The van der Waals surface area contributed by atoms with Gasteiger partial charge in [0.2, 0.25) is 0 Å². The highest BCUT2D eigenvalue weighted by atomic mass is 35.5. The van der Waals surface area contributed by atoms with E-state index >= 15 is 0 Å². The first-order valence-corrected chi connectivity index (χ1v) is 8.56. The number of rotatable bonds is 6. The average molecular weight is 390 g/mol. The summed E-state index contributed by atoms with van der Waals surface area (Å²) in [4.78, 5) is 35.3. The summed E-state index contributed by atoms with van der Waals surface area (Å²) in [6.07, 6.45) is 1.69. The van der Waals surface area contributed by atoms with Gasteiger partial charge < -0.3 is 10.1 Å². The maximum atomic E-state index is 12.1. The average Bonchev–Trinajstić information content (AvgIpc) is 2.85. The monoisotopic (exact) mass is 389 g/mol. The molecular weight excluding hydrogens is 370 g/mol. The minimum atomic E-state index is -1.000. The van der Waals surface area contributed by atoms with Gasteiger partial charge in [-0.1, -0.05) is 11.6 Å². The van der Waals surface area contributed by atoms with Crippen molar-refractivity contribution in [2.45, 2.75) is 26.9 Å². The van der Waals surface area contributed by atoms with Gasteiger partial charge in [0.05, 0.1) is 5.69 Å². The molecule has 0 aliphatic heterocycles. The number of anilines is 1. The molecule has 1 aromatic heterocycles. The van der Waals surface area contributed by atoms with Crippen LogP contribution in [0.4, 0.5) is 5.69 Å². The van der Waals surface area contributed by atoms with E-state index in [0.717, 1.165) is 0 Å². The van der Waals surface area contributed by atoms with Crippen molar-refractivity contribution in [3.63, 3.8) is 0 Å². The molecule has 1 unspecified atom stereocenters. The van der Waals surface area contributed by atoms with Crippen LogP contribution in [0, 0.1) is 6.92 Å². The van der Waals surface area contributed by atoms with Gasteiger partial charge in [0, 0.05) is 29.9 Å². The van der Waals surface area contributed by atoms with Crippen LogP contribution < -0.4 is 5.32 Å². The SMILES string of the molecule is CC(=O)c1ccc(NC(=O)C(C)OC(=O)/C=C/c2c(C)nn(C)c2Cl)cc1. The highest BCUT2D eigenvalue weighted by Gasteiger charge is 2.17. The lowest BCUT2D eigenvalue weighted by atomic mass is 10.1. The third-order valence-corrected chi connectivity index (χ3v) is 4.25. The van der Waals surface area contributed by atoms with E-state index in [0.29, 0.717) is 27.7 Å². The lowest BCUT2D eigenvalue weighted by Gasteiger charge is -2.12. The fourth-order valence-corrected chi connectivity index (χ4v) is 2.52. The Balaban J connectivity index is 1.94. The standard InChI is InChI=1S/C19H20ClN3O4/c1-11-16(18(20)23(4)22-11)9-10-17(25)27-13(3)19(26)21-15-7-5-14(6-8-15)12(2)24/h5-10,13H,1-4H3,(H,21,26)/b10-9+. The maximum absolute atomic E-state index is 12.1. The Hall–Kier alpha value is -2.93. The van der Waals surface area contributed by atoms with Gasteiger partial charge in [0.1, 0.15) is 5.15 Å². The summed E-state index contributed by atoms with van der Waals surface area (Å²) < 4.78 is 6.59. The second-order valence-corrected chi connectivity index (χ2v) is 6.31. The molecule has 0 aliphatic rings. The number of amides is 1. The minimum Gasteiger partial charge on any atom is -0.449 e. The second-order valence-electron chi connectivity index (χ2n) is 5.95. The molecule has 1 amide bonds. The fourth-order valence-electron chi connectivity index (χ4n) is 2.29. The number of Topliss-reactive ketones (excluding diaryl/α,β-unsaturated/α-hetero) is 1. The number of nitrogens with one attached hydrogen (secondary N) is 1. The highest BCUT2D eigenvalue weighted by Crippen LogP contribution is 2.20. The van der Waals surface area contributed by atoms with Gasteiger partial charge in [-0.25, -0.2) is 4.79 Å². The Labute approximate surface area is 162 Å². The summed E-state index contributed by atoms with van der Waals surface area (Å²) in [5.74, 6) is -1.22. The summed E-state index contributed by atoms with van der Waals surface area (Å²) >= 11 is 6.09. The van der Waals surface area contributed by atoms with E-state index in [1.165, 1.54) is 30.7 Å². The largest absolute Gasteiger partial charge is 0.449 e. The smallest absolute Gasteiger partial charge is 0.331 e. The molecule has 0 aliphatic carbocycles. The Morgan fingerprint density at radius 1 is 1.26 bits per heavy atom. The molecule has 0 spiro atoms. The van der Waals surface area contributed by atoms with E-state index in [1.807, 2.05) is 0 Å². The first-order valence-electron chi connectivity index (χ1n) is 8.18. The molecule has 2 aromatic rings. The van der Waals surface area contributed by atoms with Crippen LogP contribution in [0.25, 0.3) is 6.08 Å². The fraction of sp³-hybridized carbons (Fsp3) is 0.263. The quantitative estimate of drug-likeness (QED) is 0.465. The van der Waals surface area contributed by atoms with Crippen LogP contribution in [0.3, 0.4) is 0 Å². The highest BCUT2D eigenvalue weighted by molar-refractivity contribution is 6.31. The molecule has 8 heteroatoms. The zero-order chi connectivity index (χ0) is 20.1. The van der Waals surface area contributed by atoms with Crippen molar-refractivity contribution < 1.29 is 19.1 Å². The van der Waals surface area contributed by atoms with Crippen LogP contribution in [0.2, 0.25) is 5.15 Å². The number of carbonyl (C=O) groups excluding carboxylic acids is 3. The van der Waals surface area contributed by atoms with Crippen molar-refractivity contribution in [3.8, 4) is 0 Å². The number of hydrogen-bond donors (Lipinski definition) is 1. The topological polar surface area (TPSA) is 90.3 Å². The molecule has 1 heterocycles. The van der Waals surface area contributed by atoms with Crippen molar-refractivity contribution in [1.29, 1.82) is 0 Å². The maximum Gasteiger partial charge on any atom is 0.331 e. The third-order valence-electron chi connectivity index (χ3n) is 3.80. The molecule has 1 atom stereocenters. The number of carbonyl (C=O) groups is 3. The van der Waals surface area contributed by atoms with E-state index in [4.69, 9.17) is 16.3 Å². The van der Waals surface area contributed by atoms with Gasteiger partial charge >= 0.3 is 5.97 Å². The number of aryl methyl sites for hydroxylation is 2. The van der Waals surface area contributed by atoms with Crippen molar-refractivity contribution in [2.75, 3.05) is 5.32 Å². The molecule has 27 heavy (non-hydrogen) atoms. The molecule has 0 bridgehead atoms. The molecule has 1 N–H and O–H groups in total. The second kappa shape index (κ2) is 8.64. The Bertz CT molecular complexity index is 900. The van der Waals surface area contributed by atoms with Gasteiger partial charge in [-0.2, -0.15) is 5.10 Å². The van der Waals surface area contributed by atoms with Crippen LogP contribution >= 0.6 is 11.6 Å². The molecule has 0 fully saturated rings. The molecule has 0 radical (unpaired) electrons. The van der Waals surface area contributed by atoms with Gasteiger partial charge in [0.15, 0.2) is 11.9 Å². The van der Waals surface area contributed by atoms with E-state index in [-0.39, 0.29) is 5.78 Å². The lowest BCUT2D eigenvalue weighted by molar-refractivity contribution is -0.148. The first-order chi connectivity index (χ1) is 12.7. The number of ether oxygens (including phenoxy) is 1. The van der Waals surface area contributed by atoms with Gasteiger partial charge in [-0.3, -0.25) is 14.3 Å². The van der Waals surface area contributed by atoms with Crippen LogP contribution in [-0.2, 0) is 21.4 Å².